The van der Waals surface area contributed by atoms with Crippen molar-refractivity contribution in [3.63, 3.8) is 0 Å². The number of nitrogens with zero attached hydrogens (tertiary/aromatic N) is 3. The Morgan fingerprint density at radius 3 is 2.61 bits per heavy atom. The maximum Gasteiger partial charge on any atom is 0.270 e. The molecule has 1 unspecified atom stereocenters. The third kappa shape index (κ3) is 3.33. The van der Waals surface area contributed by atoms with Crippen molar-refractivity contribution in [2.75, 3.05) is 51.8 Å². The Hall–Kier alpha value is -3.45. The van der Waals surface area contributed by atoms with Crippen LogP contribution in [0, 0.1) is 26.7 Å². The van der Waals surface area contributed by atoms with Gasteiger partial charge in [0.05, 0.1) is 12.8 Å². The van der Waals surface area contributed by atoms with E-state index in [1.807, 2.05) is 4.90 Å². The lowest BCUT2D eigenvalue weighted by Gasteiger charge is -2.57. The number of hydrogen-bond acceptors (Lipinski definition) is 5. The molecule has 4 atom stereocenters. The number of aromatic nitrogens is 1. The number of aromatic amines is 1. The van der Waals surface area contributed by atoms with Crippen molar-refractivity contribution in [3.05, 3.63) is 75.1 Å². The summed E-state index contributed by atoms with van der Waals surface area (Å²) in [5.74, 6) is 2.33. The molecule has 1 N–H and O–H groups in total. The minimum absolute atomic E-state index is 0.0727. The average molecular weight is 553 g/mol. The fraction of sp³-hybridized carbons (Fsp3) is 0.500. The topological polar surface area (TPSA) is 61.0 Å². The van der Waals surface area contributed by atoms with Crippen LogP contribution in [0.1, 0.15) is 62.1 Å². The highest BCUT2D eigenvalue weighted by Crippen LogP contribution is 2.67. The van der Waals surface area contributed by atoms with Crippen LogP contribution in [0.25, 0.3) is 0 Å². The Balaban J connectivity index is 1.13. The van der Waals surface area contributed by atoms with E-state index < -0.39 is 0 Å². The van der Waals surface area contributed by atoms with Gasteiger partial charge in [-0.25, -0.2) is 0 Å². The number of carbonyl (C=O) groups is 1. The number of piperazine rings is 1. The quantitative estimate of drug-likeness (QED) is 0.510. The van der Waals surface area contributed by atoms with Gasteiger partial charge in [-0.05, 0) is 93.9 Å². The molecule has 4 heterocycles. The van der Waals surface area contributed by atoms with Gasteiger partial charge < -0.3 is 29.2 Å². The highest BCUT2D eigenvalue weighted by atomic mass is 16.5. The van der Waals surface area contributed by atoms with E-state index in [9.17, 15) is 4.79 Å². The van der Waals surface area contributed by atoms with Gasteiger partial charge in [-0.2, -0.15) is 0 Å². The summed E-state index contributed by atoms with van der Waals surface area (Å²) in [6.45, 7) is 10.6. The molecule has 5 aliphatic rings. The first-order chi connectivity index (χ1) is 19.8. The third-order valence-corrected chi connectivity index (χ3v) is 11.2. The van der Waals surface area contributed by atoms with Gasteiger partial charge in [0, 0.05) is 48.9 Å². The van der Waals surface area contributed by atoms with Crippen molar-refractivity contribution < 1.29 is 14.3 Å². The zero-order valence-electron chi connectivity index (χ0n) is 24.8. The fourth-order valence-electron chi connectivity index (χ4n) is 9.12. The number of likely N-dealkylation sites (tertiary alicyclic amines) is 1. The number of carbonyl (C=O) groups excluding carboxylic acids is 1. The highest BCUT2D eigenvalue weighted by Gasteiger charge is 2.65. The second kappa shape index (κ2) is 8.78. The van der Waals surface area contributed by atoms with Crippen LogP contribution in [0.15, 0.2) is 30.3 Å². The zero-order chi connectivity index (χ0) is 28.2. The SMILES string of the molecule is COc1ccc2c3c1O[C@H]1c4[nH]c(C(=O)N5CCN(c6ccc(C)cc6C)CC5)c(C)c4CC4[C@@H](C2)N(C)CC[C@@]341. The Bertz CT molecular complexity index is 1580. The third-order valence-electron chi connectivity index (χ3n) is 11.2. The predicted octanol–water partition coefficient (Wildman–Crippen LogP) is 4.71. The van der Waals surface area contributed by atoms with E-state index in [2.05, 4.69) is 72.9 Å². The Morgan fingerprint density at radius 1 is 1.05 bits per heavy atom. The number of amides is 1. The van der Waals surface area contributed by atoms with Crippen molar-refractivity contribution in [2.24, 2.45) is 5.92 Å². The minimum Gasteiger partial charge on any atom is -0.493 e. The van der Waals surface area contributed by atoms with Gasteiger partial charge in [0.1, 0.15) is 11.8 Å². The number of piperidine rings is 1. The van der Waals surface area contributed by atoms with Crippen LogP contribution in [0.3, 0.4) is 0 Å². The van der Waals surface area contributed by atoms with Crippen LogP contribution < -0.4 is 14.4 Å². The summed E-state index contributed by atoms with van der Waals surface area (Å²) < 4.78 is 12.7. The molecule has 0 radical (unpaired) electrons. The summed E-state index contributed by atoms with van der Waals surface area (Å²) in [4.78, 5) is 24.8. The number of methoxy groups -OCH3 is 1. The van der Waals surface area contributed by atoms with Crippen LogP contribution in [0.5, 0.6) is 11.5 Å². The number of nitrogens with one attached hydrogen (secondary N) is 1. The molecule has 0 saturated carbocycles. The van der Waals surface area contributed by atoms with Crippen LogP contribution in [0.2, 0.25) is 0 Å². The fourth-order valence-corrected chi connectivity index (χ4v) is 9.12. The van der Waals surface area contributed by atoms with Crippen LogP contribution in [-0.2, 0) is 18.3 Å². The average Bonchev–Trinajstić information content (AvgIpc) is 3.49. The number of hydrogen-bond donors (Lipinski definition) is 1. The zero-order valence-corrected chi connectivity index (χ0v) is 24.8. The Labute approximate surface area is 242 Å². The lowest BCUT2D eigenvalue weighted by atomic mass is 9.51. The largest absolute Gasteiger partial charge is 0.493 e. The number of anilines is 1. The Kier molecular flexibility index (Phi) is 5.41. The molecule has 2 saturated heterocycles. The predicted molar refractivity (Wildman–Crippen MR) is 160 cm³/mol. The van der Waals surface area contributed by atoms with E-state index in [0.717, 1.165) is 80.4 Å². The molecule has 7 nitrogen and oxygen atoms in total. The second-order valence-electron chi connectivity index (χ2n) is 13.1. The molecule has 2 aromatic carbocycles. The summed E-state index contributed by atoms with van der Waals surface area (Å²) >= 11 is 0. The molecule has 7 heteroatoms. The van der Waals surface area contributed by atoms with Crippen molar-refractivity contribution >= 4 is 11.6 Å². The molecule has 8 rings (SSSR count). The molecule has 2 fully saturated rings. The van der Waals surface area contributed by atoms with E-state index in [0.29, 0.717) is 12.0 Å². The van der Waals surface area contributed by atoms with E-state index in [4.69, 9.17) is 9.47 Å². The standard InChI is InChI=1S/C34H40N4O3/c1-19-6-8-25(20(2)16-19)37-12-14-38(15-13-37)33(39)29-21(3)23-18-24-26-17-22-7-9-27(40-5)31-28(22)34(24,10-11-36(26)4)32(41-31)30(23)35-29/h6-9,16,24,26,32,35H,10-15,17-18H2,1-5H3/t24?,26-,32+,34+/m1/s1. The summed E-state index contributed by atoms with van der Waals surface area (Å²) in [6.07, 6.45) is 2.97. The second-order valence-corrected chi connectivity index (χ2v) is 13.1. The van der Waals surface area contributed by atoms with Gasteiger partial charge in [-0.15, -0.1) is 0 Å². The lowest BCUT2D eigenvalue weighted by Crippen LogP contribution is -2.62. The first kappa shape index (κ1) is 25.3. The number of rotatable bonds is 3. The summed E-state index contributed by atoms with van der Waals surface area (Å²) in [6, 6.07) is 11.4. The molecule has 2 bridgehead atoms. The van der Waals surface area contributed by atoms with Gasteiger partial charge in [-0.1, -0.05) is 23.8 Å². The number of benzene rings is 2. The molecule has 3 aliphatic heterocycles. The maximum absolute atomic E-state index is 14.1. The molecule has 1 amide bonds. The molecule has 1 spiro atoms. The molecule has 1 aromatic heterocycles. The first-order valence-corrected chi connectivity index (χ1v) is 15.2. The summed E-state index contributed by atoms with van der Waals surface area (Å²) in [5.41, 5.74) is 10.8. The van der Waals surface area contributed by atoms with E-state index >= 15 is 0 Å². The number of aryl methyl sites for hydroxylation is 2. The van der Waals surface area contributed by atoms with E-state index in [-0.39, 0.29) is 17.4 Å². The van der Waals surface area contributed by atoms with Crippen LogP contribution in [0.4, 0.5) is 5.69 Å². The van der Waals surface area contributed by atoms with Crippen LogP contribution >= 0.6 is 0 Å². The van der Waals surface area contributed by atoms with Crippen molar-refractivity contribution in [3.8, 4) is 11.5 Å². The van der Waals surface area contributed by atoms with Crippen LogP contribution in [-0.4, -0.2) is 73.6 Å². The number of fused-ring (bicyclic) bond motifs is 2. The molecule has 2 aliphatic carbocycles. The molecular weight excluding hydrogens is 512 g/mol. The highest BCUT2D eigenvalue weighted by molar-refractivity contribution is 5.95. The van der Waals surface area contributed by atoms with Gasteiger partial charge in [-0.3, -0.25) is 4.79 Å². The maximum atomic E-state index is 14.1. The number of ether oxygens (including phenoxy) is 2. The van der Waals surface area contributed by atoms with Crippen molar-refractivity contribution in [1.29, 1.82) is 0 Å². The molecule has 41 heavy (non-hydrogen) atoms. The molecule has 214 valence electrons. The normalized spacial score (nSPS) is 27.8. The monoisotopic (exact) mass is 552 g/mol. The minimum atomic E-state index is -0.112. The number of likely N-dealkylation sites (N-methyl/N-ethyl adjacent to an activating group) is 1. The summed E-state index contributed by atoms with van der Waals surface area (Å²) in [7, 11) is 4.02. The van der Waals surface area contributed by atoms with E-state index in [1.165, 1.54) is 33.5 Å². The van der Waals surface area contributed by atoms with Gasteiger partial charge in [0.2, 0.25) is 0 Å². The van der Waals surface area contributed by atoms with Gasteiger partial charge in [0.15, 0.2) is 11.5 Å². The van der Waals surface area contributed by atoms with Gasteiger partial charge >= 0.3 is 0 Å². The van der Waals surface area contributed by atoms with Crippen molar-refractivity contribution in [2.45, 2.75) is 57.6 Å². The molecular formula is C34H40N4O3. The Morgan fingerprint density at radius 2 is 1.85 bits per heavy atom. The number of H-pyrrole nitrogens is 1. The van der Waals surface area contributed by atoms with E-state index in [1.54, 1.807) is 7.11 Å². The van der Waals surface area contributed by atoms with Crippen molar-refractivity contribution in [1.82, 2.24) is 14.8 Å². The lowest BCUT2D eigenvalue weighted by molar-refractivity contribution is -0.0256. The van der Waals surface area contributed by atoms with Gasteiger partial charge in [0.25, 0.3) is 5.91 Å². The smallest absolute Gasteiger partial charge is 0.270 e. The summed E-state index contributed by atoms with van der Waals surface area (Å²) in [5, 5.41) is 0. The first-order valence-electron chi connectivity index (χ1n) is 15.2. The molecule has 3 aromatic rings.